The SMILES string of the molecule is Cc1ccc(-c2snc(C(C)C)c2C#N)c(F)c1. The fourth-order valence-corrected chi connectivity index (χ4v) is 2.79. The van der Waals surface area contributed by atoms with Gasteiger partial charge in [-0.3, -0.25) is 0 Å². The monoisotopic (exact) mass is 260 g/mol. The van der Waals surface area contributed by atoms with E-state index in [1.54, 1.807) is 6.07 Å². The smallest absolute Gasteiger partial charge is 0.132 e. The molecule has 0 N–H and O–H groups in total. The Morgan fingerprint density at radius 3 is 2.67 bits per heavy atom. The van der Waals surface area contributed by atoms with Gasteiger partial charge in [-0.1, -0.05) is 26.0 Å². The Kier molecular flexibility index (Phi) is 3.44. The third-order valence-corrected chi connectivity index (χ3v) is 3.64. The number of aryl methyl sites for hydroxylation is 1. The van der Waals surface area contributed by atoms with Crippen molar-refractivity contribution >= 4 is 11.5 Å². The minimum absolute atomic E-state index is 0.165. The van der Waals surface area contributed by atoms with Crippen LogP contribution in [0.15, 0.2) is 18.2 Å². The molecule has 0 saturated heterocycles. The van der Waals surface area contributed by atoms with E-state index in [0.717, 1.165) is 11.3 Å². The predicted octanol–water partition coefficient (Wildman–Crippen LogP) is 4.25. The molecule has 1 aromatic heterocycles. The quantitative estimate of drug-likeness (QED) is 0.809. The molecule has 0 aliphatic carbocycles. The summed E-state index contributed by atoms with van der Waals surface area (Å²) in [4.78, 5) is 0.624. The first kappa shape index (κ1) is 12.7. The molecule has 0 amide bonds. The minimum Gasteiger partial charge on any atom is -0.206 e. The lowest BCUT2D eigenvalue weighted by Gasteiger charge is -2.03. The lowest BCUT2D eigenvalue weighted by molar-refractivity contribution is 0.630. The second-order valence-corrected chi connectivity index (χ2v) is 5.30. The molecule has 0 aliphatic rings. The molecule has 0 spiro atoms. The van der Waals surface area contributed by atoms with E-state index in [0.29, 0.717) is 16.0 Å². The Morgan fingerprint density at radius 1 is 1.39 bits per heavy atom. The van der Waals surface area contributed by atoms with Gasteiger partial charge < -0.3 is 0 Å². The Bertz CT molecular complexity index is 623. The molecule has 0 radical (unpaired) electrons. The van der Waals surface area contributed by atoms with Crippen LogP contribution < -0.4 is 0 Å². The molecule has 1 aromatic carbocycles. The second kappa shape index (κ2) is 4.87. The number of benzene rings is 1. The van der Waals surface area contributed by atoms with Gasteiger partial charge in [0, 0.05) is 5.56 Å². The van der Waals surface area contributed by atoms with Gasteiger partial charge in [-0.25, -0.2) is 4.39 Å². The summed E-state index contributed by atoms with van der Waals surface area (Å²) in [6.45, 7) is 5.79. The first-order valence-electron chi connectivity index (χ1n) is 5.70. The van der Waals surface area contributed by atoms with Crippen LogP contribution in [0, 0.1) is 24.1 Å². The molecule has 2 rings (SSSR count). The summed E-state index contributed by atoms with van der Waals surface area (Å²) in [6, 6.07) is 7.18. The molecule has 0 atom stereocenters. The zero-order chi connectivity index (χ0) is 13.3. The van der Waals surface area contributed by atoms with Crippen LogP contribution in [0.5, 0.6) is 0 Å². The zero-order valence-corrected chi connectivity index (χ0v) is 11.3. The number of hydrogen-bond donors (Lipinski definition) is 0. The number of aromatic nitrogens is 1. The standard InChI is InChI=1S/C14H13FN2S/c1-8(2)13-11(7-16)14(18-17-13)10-5-4-9(3)6-12(10)15/h4-6,8H,1-3H3. The van der Waals surface area contributed by atoms with Gasteiger partial charge in [0.15, 0.2) is 0 Å². The van der Waals surface area contributed by atoms with Crippen molar-refractivity contribution in [3.63, 3.8) is 0 Å². The van der Waals surface area contributed by atoms with Crippen molar-refractivity contribution < 1.29 is 4.39 Å². The van der Waals surface area contributed by atoms with Crippen LogP contribution in [-0.2, 0) is 0 Å². The lowest BCUT2D eigenvalue weighted by atomic mass is 10.0. The Hall–Kier alpha value is -1.73. The average Bonchev–Trinajstić information content (AvgIpc) is 2.72. The summed E-state index contributed by atoms with van der Waals surface area (Å²) in [5, 5.41) is 9.24. The van der Waals surface area contributed by atoms with E-state index in [1.165, 1.54) is 17.6 Å². The largest absolute Gasteiger partial charge is 0.206 e. The van der Waals surface area contributed by atoms with Crippen LogP contribution in [0.4, 0.5) is 4.39 Å². The van der Waals surface area contributed by atoms with E-state index >= 15 is 0 Å². The molecule has 0 unspecified atom stereocenters. The highest BCUT2D eigenvalue weighted by molar-refractivity contribution is 7.10. The number of rotatable bonds is 2. The number of nitrogens with zero attached hydrogens (tertiary/aromatic N) is 2. The number of halogens is 1. The molecule has 18 heavy (non-hydrogen) atoms. The molecule has 0 aliphatic heterocycles. The van der Waals surface area contributed by atoms with Crippen molar-refractivity contribution in [1.29, 1.82) is 5.26 Å². The molecule has 0 bridgehead atoms. The van der Waals surface area contributed by atoms with Gasteiger partial charge in [0.1, 0.15) is 11.9 Å². The second-order valence-electron chi connectivity index (χ2n) is 4.52. The van der Waals surface area contributed by atoms with Crippen molar-refractivity contribution in [3.8, 4) is 16.5 Å². The molecule has 1 heterocycles. The molecule has 2 nitrogen and oxygen atoms in total. The highest BCUT2D eigenvalue weighted by Gasteiger charge is 2.19. The highest BCUT2D eigenvalue weighted by Crippen LogP contribution is 2.34. The first-order valence-corrected chi connectivity index (χ1v) is 6.48. The van der Waals surface area contributed by atoms with Crippen molar-refractivity contribution in [1.82, 2.24) is 4.37 Å². The summed E-state index contributed by atoms with van der Waals surface area (Å²) in [7, 11) is 0. The number of hydrogen-bond acceptors (Lipinski definition) is 3. The van der Waals surface area contributed by atoms with Crippen molar-refractivity contribution in [2.24, 2.45) is 0 Å². The van der Waals surface area contributed by atoms with Crippen molar-refractivity contribution in [3.05, 3.63) is 40.8 Å². The summed E-state index contributed by atoms with van der Waals surface area (Å²) in [5.41, 5.74) is 2.57. The molecule has 0 saturated carbocycles. The minimum atomic E-state index is -0.301. The van der Waals surface area contributed by atoms with Crippen LogP contribution in [0.25, 0.3) is 10.4 Å². The normalized spacial score (nSPS) is 10.7. The predicted molar refractivity (Wildman–Crippen MR) is 71.0 cm³/mol. The van der Waals surface area contributed by atoms with Crippen LogP contribution in [0.3, 0.4) is 0 Å². The molecule has 2 aromatic rings. The van der Waals surface area contributed by atoms with Gasteiger partial charge in [-0.15, -0.1) is 0 Å². The van der Waals surface area contributed by atoms with Gasteiger partial charge in [0.05, 0.1) is 16.1 Å². The van der Waals surface area contributed by atoms with E-state index in [4.69, 9.17) is 0 Å². The van der Waals surface area contributed by atoms with Gasteiger partial charge in [0.25, 0.3) is 0 Å². The van der Waals surface area contributed by atoms with E-state index < -0.39 is 0 Å². The fraction of sp³-hybridized carbons (Fsp3) is 0.286. The van der Waals surface area contributed by atoms with Crippen LogP contribution in [-0.4, -0.2) is 4.37 Å². The van der Waals surface area contributed by atoms with Gasteiger partial charge >= 0.3 is 0 Å². The average molecular weight is 260 g/mol. The topological polar surface area (TPSA) is 36.7 Å². The molecule has 4 heteroatoms. The molecule has 0 fully saturated rings. The van der Waals surface area contributed by atoms with E-state index in [2.05, 4.69) is 10.4 Å². The van der Waals surface area contributed by atoms with E-state index in [-0.39, 0.29) is 11.7 Å². The highest BCUT2D eigenvalue weighted by atomic mass is 32.1. The van der Waals surface area contributed by atoms with Crippen LogP contribution in [0.2, 0.25) is 0 Å². The van der Waals surface area contributed by atoms with Crippen LogP contribution in [0.1, 0.15) is 36.6 Å². The van der Waals surface area contributed by atoms with Crippen molar-refractivity contribution in [2.45, 2.75) is 26.7 Å². The maximum Gasteiger partial charge on any atom is 0.132 e. The third-order valence-electron chi connectivity index (χ3n) is 2.75. The van der Waals surface area contributed by atoms with Gasteiger partial charge in [-0.05, 0) is 36.0 Å². The molecular formula is C14H13FN2S. The third kappa shape index (κ3) is 2.14. The molecular weight excluding hydrogens is 247 g/mol. The maximum atomic E-state index is 13.9. The van der Waals surface area contributed by atoms with Crippen LogP contribution >= 0.6 is 11.5 Å². The summed E-state index contributed by atoms with van der Waals surface area (Å²) in [6.07, 6.45) is 0. The Morgan fingerprint density at radius 2 is 2.11 bits per heavy atom. The van der Waals surface area contributed by atoms with E-state index in [1.807, 2.05) is 26.8 Å². The first-order chi connectivity index (χ1) is 8.54. The maximum absolute atomic E-state index is 13.9. The molecule has 92 valence electrons. The zero-order valence-electron chi connectivity index (χ0n) is 10.5. The van der Waals surface area contributed by atoms with Gasteiger partial charge in [-0.2, -0.15) is 9.64 Å². The Labute approximate surface area is 110 Å². The Balaban J connectivity index is 2.62. The summed E-state index contributed by atoms with van der Waals surface area (Å²) >= 11 is 1.19. The summed E-state index contributed by atoms with van der Waals surface area (Å²) < 4.78 is 18.2. The van der Waals surface area contributed by atoms with Gasteiger partial charge in [0.2, 0.25) is 0 Å². The number of nitriles is 1. The fourth-order valence-electron chi connectivity index (χ4n) is 1.79. The lowest BCUT2D eigenvalue weighted by Crippen LogP contribution is -1.92. The van der Waals surface area contributed by atoms with E-state index in [9.17, 15) is 9.65 Å². The van der Waals surface area contributed by atoms with Crippen molar-refractivity contribution in [2.75, 3.05) is 0 Å². The summed E-state index contributed by atoms with van der Waals surface area (Å²) in [5.74, 6) is -0.136.